The second kappa shape index (κ2) is 4.83. The molecule has 1 atom stereocenters. The monoisotopic (exact) mass is 171 g/mol. The van der Waals surface area contributed by atoms with Gasteiger partial charge in [0.2, 0.25) is 0 Å². The van der Waals surface area contributed by atoms with Crippen LogP contribution in [0.4, 0.5) is 0 Å². The molecule has 0 spiro atoms. The minimum atomic E-state index is 0.390. The molecule has 1 saturated heterocycles. The van der Waals surface area contributed by atoms with Crippen molar-refractivity contribution in [3.63, 3.8) is 0 Å². The molecule has 0 aliphatic carbocycles. The number of hydrogen-bond donors (Lipinski definition) is 0. The molecule has 12 heavy (non-hydrogen) atoms. The first-order valence-corrected chi connectivity index (χ1v) is 5.02. The van der Waals surface area contributed by atoms with Crippen molar-refractivity contribution in [2.24, 2.45) is 5.92 Å². The SMILES string of the molecule is CC(C)CN(C)C1CCCCO1. The summed E-state index contributed by atoms with van der Waals surface area (Å²) in [5.41, 5.74) is 0. The second-order valence-corrected chi connectivity index (χ2v) is 4.15. The van der Waals surface area contributed by atoms with Crippen LogP contribution < -0.4 is 0 Å². The lowest BCUT2D eigenvalue weighted by atomic mass is 10.1. The molecular weight excluding hydrogens is 150 g/mol. The van der Waals surface area contributed by atoms with Crippen molar-refractivity contribution in [3.8, 4) is 0 Å². The molecule has 0 saturated carbocycles. The molecule has 0 amide bonds. The largest absolute Gasteiger partial charge is 0.363 e. The van der Waals surface area contributed by atoms with Gasteiger partial charge in [-0.25, -0.2) is 0 Å². The minimum Gasteiger partial charge on any atom is -0.363 e. The fourth-order valence-electron chi connectivity index (χ4n) is 1.76. The van der Waals surface area contributed by atoms with Crippen LogP contribution in [0.2, 0.25) is 0 Å². The first-order chi connectivity index (χ1) is 5.70. The van der Waals surface area contributed by atoms with Crippen molar-refractivity contribution >= 4 is 0 Å². The Kier molecular flexibility index (Phi) is 4.02. The van der Waals surface area contributed by atoms with Crippen molar-refractivity contribution < 1.29 is 4.74 Å². The zero-order valence-corrected chi connectivity index (χ0v) is 8.55. The lowest BCUT2D eigenvalue weighted by Crippen LogP contribution is -2.38. The van der Waals surface area contributed by atoms with E-state index in [2.05, 4.69) is 25.8 Å². The summed E-state index contributed by atoms with van der Waals surface area (Å²) in [6.45, 7) is 6.59. The fourth-order valence-corrected chi connectivity index (χ4v) is 1.76. The van der Waals surface area contributed by atoms with Crippen LogP contribution in [-0.4, -0.2) is 31.3 Å². The van der Waals surface area contributed by atoms with E-state index in [1.54, 1.807) is 0 Å². The van der Waals surface area contributed by atoms with E-state index in [1.165, 1.54) is 19.3 Å². The fraction of sp³-hybridized carbons (Fsp3) is 1.00. The van der Waals surface area contributed by atoms with Gasteiger partial charge >= 0.3 is 0 Å². The van der Waals surface area contributed by atoms with Crippen molar-refractivity contribution in [1.29, 1.82) is 0 Å². The molecular formula is C10H21NO. The minimum absolute atomic E-state index is 0.390. The van der Waals surface area contributed by atoms with Gasteiger partial charge in [-0.3, -0.25) is 4.90 Å². The Bertz CT molecular complexity index is 119. The molecule has 2 heteroatoms. The average molecular weight is 171 g/mol. The van der Waals surface area contributed by atoms with E-state index in [1.807, 2.05) is 0 Å². The first kappa shape index (κ1) is 10.0. The van der Waals surface area contributed by atoms with Gasteiger partial charge in [0.1, 0.15) is 6.23 Å². The molecule has 1 heterocycles. The van der Waals surface area contributed by atoms with Crippen LogP contribution in [0.5, 0.6) is 0 Å². The highest BCUT2D eigenvalue weighted by Crippen LogP contribution is 2.15. The van der Waals surface area contributed by atoms with E-state index in [-0.39, 0.29) is 0 Å². The van der Waals surface area contributed by atoms with Crippen molar-refractivity contribution in [3.05, 3.63) is 0 Å². The highest BCUT2D eigenvalue weighted by Gasteiger charge is 2.18. The Morgan fingerprint density at radius 3 is 2.67 bits per heavy atom. The summed E-state index contributed by atoms with van der Waals surface area (Å²) in [5.74, 6) is 0.737. The van der Waals surface area contributed by atoms with Gasteiger partial charge in [-0.05, 0) is 32.2 Å². The topological polar surface area (TPSA) is 12.5 Å². The first-order valence-electron chi connectivity index (χ1n) is 5.02. The zero-order valence-electron chi connectivity index (χ0n) is 8.55. The predicted molar refractivity (Wildman–Crippen MR) is 51.1 cm³/mol. The Morgan fingerprint density at radius 2 is 2.17 bits per heavy atom. The summed E-state index contributed by atoms with van der Waals surface area (Å²) in [4.78, 5) is 2.34. The Balaban J connectivity index is 2.24. The van der Waals surface area contributed by atoms with E-state index in [0.29, 0.717) is 6.23 Å². The van der Waals surface area contributed by atoms with Crippen molar-refractivity contribution in [2.45, 2.75) is 39.3 Å². The third-order valence-electron chi connectivity index (χ3n) is 2.30. The number of nitrogens with zero attached hydrogens (tertiary/aromatic N) is 1. The van der Waals surface area contributed by atoms with Crippen LogP contribution in [0.3, 0.4) is 0 Å². The molecule has 0 bridgehead atoms. The van der Waals surface area contributed by atoms with Gasteiger partial charge in [0, 0.05) is 13.2 Å². The number of ether oxygens (including phenoxy) is 1. The molecule has 0 aromatic carbocycles. The molecule has 0 aromatic heterocycles. The molecule has 0 aromatic rings. The molecule has 2 nitrogen and oxygen atoms in total. The van der Waals surface area contributed by atoms with E-state index in [9.17, 15) is 0 Å². The summed E-state index contributed by atoms with van der Waals surface area (Å²) in [7, 11) is 2.16. The Morgan fingerprint density at radius 1 is 1.42 bits per heavy atom. The van der Waals surface area contributed by atoms with Crippen LogP contribution in [0.1, 0.15) is 33.1 Å². The quantitative estimate of drug-likeness (QED) is 0.645. The molecule has 0 N–H and O–H groups in total. The average Bonchev–Trinajstić information content (AvgIpc) is 2.05. The predicted octanol–water partition coefficient (Wildman–Crippen LogP) is 2.10. The Hall–Kier alpha value is -0.0800. The number of rotatable bonds is 3. The van der Waals surface area contributed by atoms with Crippen LogP contribution in [0.15, 0.2) is 0 Å². The normalized spacial score (nSPS) is 25.2. The molecule has 1 rings (SSSR count). The second-order valence-electron chi connectivity index (χ2n) is 4.15. The van der Waals surface area contributed by atoms with E-state index in [0.717, 1.165) is 19.1 Å². The van der Waals surface area contributed by atoms with Crippen LogP contribution in [-0.2, 0) is 4.74 Å². The maximum atomic E-state index is 5.67. The molecule has 1 unspecified atom stereocenters. The van der Waals surface area contributed by atoms with Gasteiger partial charge in [-0.2, -0.15) is 0 Å². The van der Waals surface area contributed by atoms with Gasteiger partial charge in [-0.1, -0.05) is 13.8 Å². The number of hydrogen-bond acceptors (Lipinski definition) is 2. The summed E-state index contributed by atoms with van der Waals surface area (Å²) >= 11 is 0. The highest BCUT2D eigenvalue weighted by molar-refractivity contribution is 4.64. The highest BCUT2D eigenvalue weighted by atomic mass is 16.5. The molecule has 72 valence electrons. The summed E-state index contributed by atoms with van der Waals surface area (Å²) in [6, 6.07) is 0. The van der Waals surface area contributed by atoms with Gasteiger partial charge in [0.05, 0.1) is 0 Å². The molecule has 1 fully saturated rings. The summed E-state index contributed by atoms with van der Waals surface area (Å²) in [5, 5.41) is 0. The van der Waals surface area contributed by atoms with Gasteiger partial charge in [0.15, 0.2) is 0 Å². The van der Waals surface area contributed by atoms with E-state index < -0.39 is 0 Å². The lowest BCUT2D eigenvalue weighted by Gasteiger charge is -2.32. The van der Waals surface area contributed by atoms with Gasteiger partial charge in [0.25, 0.3) is 0 Å². The third kappa shape index (κ3) is 3.11. The zero-order chi connectivity index (χ0) is 8.97. The van der Waals surface area contributed by atoms with E-state index >= 15 is 0 Å². The van der Waals surface area contributed by atoms with Crippen LogP contribution in [0, 0.1) is 5.92 Å². The standard InChI is InChI=1S/C10H21NO/c1-9(2)8-11(3)10-6-4-5-7-12-10/h9-10H,4-8H2,1-3H3. The van der Waals surface area contributed by atoms with Gasteiger partial charge in [-0.15, -0.1) is 0 Å². The maximum Gasteiger partial charge on any atom is 0.110 e. The van der Waals surface area contributed by atoms with Crippen LogP contribution in [0.25, 0.3) is 0 Å². The summed E-state index contributed by atoms with van der Waals surface area (Å²) in [6.07, 6.45) is 4.17. The van der Waals surface area contributed by atoms with Crippen LogP contribution >= 0.6 is 0 Å². The molecule has 1 aliphatic rings. The Labute approximate surface area is 75.9 Å². The molecule has 0 radical (unpaired) electrons. The lowest BCUT2D eigenvalue weighted by molar-refractivity contribution is -0.0783. The van der Waals surface area contributed by atoms with Crippen molar-refractivity contribution in [2.75, 3.05) is 20.2 Å². The third-order valence-corrected chi connectivity index (χ3v) is 2.30. The molecule has 1 aliphatic heterocycles. The van der Waals surface area contributed by atoms with Crippen molar-refractivity contribution in [1.82, 2.24) is 4.90 Å². The van der Waals surface area contributed by atoms with Gasteiger partial charge < -0.3 is 4.74 Å². The maximum absolute atomic E-state index is 5.67. The van der Waals surface area contributed by atoms with E-state index in [4.69, 9.17) is 4.74 Å². The smallest absolute Gasteiger partial charge is 0.110 e. The summed E-state index contributed by atoms with van der Waals surface area (Å²) < 4.78 is 5.67.